The van der Waals surface area contributed by atoms with E-state index in [-0.39, 0.29) is 18.6 Å². The minimum Gasteiger partial charge on any atom is -0.445 e. The molecule has 0 aliphatic carbocycles. The highest BCUT2D eigenvalue weighted by atomic mass is 35.5. The average Bonchev–Trinajstić information content (AvgIpc) is 3.47. The number of nitrogens with zero attached hydrogens (tertiary/aromatic N) is 3. The van der Waals surface area contributed by atoms with Gasteiger partial charge in [0, 0.05) is 54.0 Å². The molecule has 1 fully saturated rings. The summed E-state index contributed by atoms with van der Waals surface area (Å²) in [5.74, 6) is 0.745. The van der Waals surface area contributed by atoms with E-state index in [0.717, 1.165) is 59.1 Å². The number of carbonyl (C=O) groups is 2. The minimum absolute atomic E-state index is 0.0826. The van der Waals surface area contributed by atoms with Crippen LogP contribution in [0.25, 0.3) is 10.9 Å². The summed E-state index contributed by atoms with van der Waals surface area (Å²) < 4.78 is 5.57. The molecule has 1 saturated heterocycles. The number of aromatic amines is 1. The van der Waals surface area contributed by atoms with Crippen molar-refractivity contribution in [1.29, 1.82) is 0 Å². The molecule has 8 nitrogen and oxygen atoms in total. The Morgan fingerprint density at radius 3 is 2.57 bits per heavy atom. The van der Waals surface area contributed by atoms with Crippen LogP contribution < -0.4 is 10.2 Å². The minimum atomic E-state index is -0.408. The number of nitrogens with one attached hydrogen (secondary N) is 2. The lowest BCUT2D eigenvalue weighted by atomic mass is 9.91. The third-order valence-electron chi connectivity index (χ3n) is 9.30. The molecule has 2 aliphatic rings. The van der Waals surface area contributed by atoms with Gasteiger partial charge in [-0.2, -0.15) is 0 Å². The normalized spacial score (nSPS) is 17.7. The molecule has 2 aliphatic heterocycles. The van der Waals surface area contributed by atoms with Crippen LogP contribution in [0, 0.1) is 11.8 Å². The Morgan fingerprint density at radius 1 is 1.02 bits per heavy atom. The van der Waals surface area contributed by atoms with Gasteiger partial charge in [-0.25, -0.2) is 4.79 Å². The summed E-state index contributed by atoms with van der Waals surface area (Å²) in [4.78, 5) is 36.7. The number of aromatic nitrogens is 1. The molecule has 46 heavy (non-hydrogen) atoms. The highest BCUT2D eigenvalue weighted by molar-refractivity contribution is 6.30. The Labute approximate surface area is 276 Å². The summed E-state index contributed by atoms with van der Waals surface area (Å²) in [5, 5.41) is 5.54. The Bertz CT molecular complexity index is 1630. The lowest BCUT2D eigenvalue weighted by Gasteiger charge is -2.38. The number of ether oxygens (including phenoxy) is 1. The van der Waals surface area contributed by atoms with Gasteiger partial charge in [-0.15, -0.1) is 0 Å². The Morgan fingerprint density at radius 2 is 1.78 bits per heavy atom. The molecule has 2 atom stereocenters. The van der Waals surface area contributed by atoms with E-state index in [1.54, 1.807) is 4.90 Å². The number of anilines is 1. The molecule has 6 rings (SSSR count). The molecule has 0 spiro atoms. The smallest absolute Gasteiger partial charge is 0.410 e. The molecule has 9 heteroatoms. The summed E-state index contributed by atoms with van der Waals surface area (Å²) in [7, 11) is 4.16. The lowest BCUT2D eigenvalue weighted by Crippen LogP contribution is -2.53. The average molecular weight is 642 g/mol. The number of para-hydroxylation sites is 1. The number of benzene rings is 3. The number of rotatable bonds is 10. The van der Waals surface area contributed by atoms with Crippen LogP contribution in [0.3, 0.4) is 0 Å². The fourth-order valence-electron chi connectivity index (χ4n) is 6.95. The predicted octanol–water partition coefficient (Wildman–Crippen LogP) is 6.14. The van der Waals surface area contributed by atoms with Crippen LogP contribution in [0.1, 0.15) is 29.5 Å². The van der Waals surface area contributed by atoms with E-state index in [9.17, 15) is 9.59 Å². The molecular weight excluding hydrogens is 598 g/mol. The Kier molecular flexibility index (Phi) is 10.3. The first-order chi connectivity index (χ1) is 22.3. The van der Waals surface area contributed by atoms with Crippen LogP contribution in [0.2, 0.25) is 5.02 Å². The molecule has 4 aromatic rings. The molecule has 3 aromatic carbocycles. The van der Waals surface area contributed by atoms with Crippen molar-refractivity contribution in [2.75, 3.05) is 51.7 Å². The van der Waals surface area contributed by atoms with Crippen molar-refractivity contribution in [3.05, 3.63) is 101 Å². The molecule has 2 amide bonds. The van der Waals surface area contributed by atoms with Gasteiger partial charge in [-0.05, 0) is 99.1 Å². The molecule has 0 radical (unpaired) electrons. The molecule has 0 unspecified atom stereocenters. The zero-order valence-electron chi connectivity index (χ0n) is 26.8. The predicted molar refractivity (Wildman–Crippen MR) is 184 cm³/mol. The first kappa shape index (κ1) is 32.1. The first-order valence-electron chi connectivity index (χ1n) is 16.3. The van der Waals surface area contributed by atoms with Gasteiger partial charge >= 0.3 is 6.09 Å². The van der Waals surface area contributed by atoms with E-state index in [4.69, 9.17) is 16.3 Å². The molecule has 0 bridgehead atoms. The number of halogens is 1. The topological polar surface area (TPSA) is 80.9 Å². The SMILES string of the molecule is CN(C)C[C@H]1Cc2cc(Cl)ccc2N(C(=O)[C@@H](Cc2c[nH]c3ccccc23)NCC2CCN(C(=O)OCc3ccccc3)CC2)C1. The van der Waals surface area contributed by atoms with Crippen molar-refractivity contribution in [1.82, 2.24) is 20.1 Å². The van der Waals surface area contributed by atoms with Gasteiger partial charge < -0.3 is 29.7 Å². The van der Waals surface area contributed by atoms with Gasteiger partial charge in [0.2, 0.25) is 5.91 Å². The number of carbonyl (C=O) groups excluding carboxylic acids is 2. The van der Waals surface area contributed by atoms with Crippen LogP contribution in [-0.2, 0) is 29.0 Å². The zero-order chi connectivity index (χ0) is 32.0. The number of hydrogen-bond donors (Lipinski definition) is 2. The Hall–Kier alpha value is -3.85. The first-order valence-corrected chi connectivity index (χ1v) is 16.7. The second-order valence-electron chi connectivity index (χ2n) is 13.0. The van der Waals surface area contributed by atoms with Crippen LogP contribution >= 0.6 is 11.6 Å². The summed E-state index contributed by atoms with van der Waals surface area (Å²) in [6, 6.07) is 23.5. The molecule has 2 N–H and O–H groups in total. The third-order valence-corrected chi connectivity index (χ3v) is 9.53. The van der Waals surface area contributed by atoms with Crippen molar-refractivity contribution in [3.63, 3.8) is 0 Å². The summed E-state index contributed by atoms with van der Waals surface area (Å²) in [6.07, 6.45) is 4.95. The fraction of sp³-hybridized carbons (Fsp3) is 0.405. The van der Waals surface area contributed by atoms with E-state index >= 15 is 0 Å². The fourth-order valence-corrected chi connectivity index (χ4v) is 7.15. The second-order valence-corrected chi connectivity index (χ2v) is 13.5. The maximum atomic E-state index is 14.6. The van der Waals surface area contributed by atoms with E-state index in [0.29, 0.717) is 49.5 Å². The number of hydrogen-bond acceptors (Lipinski definition) is 5. The number of piperidine rings is 1. The van der Waals surface area contributed by atoms with Crippen LogP contribution in [0.5, 0.6) is 0 Å². The quantitative estimate of drug-likeness (QED) is 0.218. The molecule has 0 saturated carbocycles. The molecule has 1 aromatic heterocycles. The van der Waals surface area contributed by atoms with Crippen LogP contribution in [0.4, 0.5) is 10.5 Å². The maximum absolute atomic E-state index is 14.6. The van der Waals surface area contributed by atoms with Crippen molar-refractivity contribution < 1.29 is 14.3 Å². The van der Waals surface area contributed by atoms with E-state index in [1.807, 2.05) is 71.8 Å². The molecule has 242 valence electrons. The number of fused-ring (bicyclic) bond motifs is 2. The highest BCUT2D eigenvalue weighted by Crippen LogP contribution is 2.33. The van der Waals surface area contributed by atoms with E-state index in [2.05, 4.69) is 41.4 Å². The lowest BCUT2D eigenvalue weighted by molar-refractivity contribution is -0.121. The second kappa shape index (κ2) is 14.7. The largest absolute Gasteiger partial charge is 0.445 e. The van der Waals surface area contributed by atoms with Gasteiger partial charge in [0.15, 0.2) is 0 Å². The van der Waals surface area contributed by atoms with E-state index in [1.165, 1.54) is 0 Å². The standard InChI is InChI=1S/C37H44ClN5O3/c1-41(2)23-28-18-29-19-31(38)12-13-35(29)43(24-28)36(44)34(20-30-22-40-33-11-7-6-10-32(30)33)39-21-26-14-16-42(17-15-26)37(45)46-25-27-8-4-3-5-9-27/h3-13,19,22,26,28,34,39-40H,14-18,20-21,23-25H2,1-2H3/t28-,34-/m1/s1. The summed E-state index contributed by atoms with van der Waals surface area (Å²) >= 11 is 6.42. The number of likely N-dealkylation sites (tertiary alicyclic amines) is 1. The Balaban J connectivity index is 1.15. The summed E-state index contributed by atoms with van der Waals surface area (Å²) in [6.45, 7) is 3.83. The molecule has 3 heterocycles. The van der Waals surface area contributed by atoms with Gasteiger partial charge in [0.25, 0.3) is 0 Å². The third kappa shape index (κ3) is 7.74. The van der Waals surface area contributed by atoms with Crippen molar-refractivity contribution >= 4 is 40.2 Å². The highest BCUT2D eigenvalue weighted by Gasteiger charge is 2.34. The van der Waals surface area contributed by atoms with Crippen molar-refractivity contribution in [2.24, 2.45) is 11.8 Å². The summed E-state index contributed by atoms with van der Waals surface area (Å²) in [5.41, 5.74) is 5.25. The monoisotopic (exact) mass is 641 g/mol. The maximum Gasteiger partial charge on any atom is 0.410 e. The van der Waals surface area contributed by atoms with Gasteiger partial charge in [-0.1, -0.05) is 60.1 Å². The van der Waals surface area contributed by atoms with Gasteiger partial charge in [0.05, 0.1) is 6.04 Å². The van der Waals surface area contributed by atoms with Crippen LogP contribution in [0.15, 0.2) is 79.0 Å². The number of H-pyrrole nitrogens is 1. The van der Waals surface area contributed by atoms with Crippen molar-refractivity contribution in [3.8, 4) is 0 Å². The van der Waals surface area contributed by atoms with E-state index < -0.39 is 6.04 Å². The zero-order valence-corrected chi connectivity index (χ0v) is 27.5. The number of amides is 2. The van der Waals surface area contributed by atoms with Crippen LogP contribution in [-0.4, -0.2) is 79.6 Å². The van der Waals surface area contributed by atoms with Crippen molar-refractivity contribution in [2.45, 2.75) is 38.3 Å². The van der Waals surface area contributed by atoms with Gasteiger partial charge in [0.1, 0.15) is 6.61 Å². The van der Waals surface area contributed by atoms with Gasteiger partial charge in [-0.3, -0.25) is 4.79 Å². The molecular formula is C37H44ClN5O3.